The van der Waals surface area contributed by atoms with E-state index in [2.05, 4.69) is 21.2 Å². The van der Waals surface area contributed by atoms with E-state index >= 15 is 0 Å². The third kappa shape index (κ3) is 5.11. The van der Waals surface area contributed by atoms with Gasteiger partial charge in [-0.2, -0.15) is 0 Å². The Kier molecular flexibility index (Phi) is 6.70. The fourth-order valence-corrected chi connectivity index (χ4v) is 3.38. The lowest BCUT2D eigenvalue weighted by atomic mass is 10.1. The van der Waals surface area contributed by atoms with Crippen molar-refractivity contribution in [3.05, 3.63) is 56.5 Å². The predicted molar refractivity (Wildman–Crippen MR) is 103 cm³/mol. The number of benzene rings is 2. The first-order valence-electron chi connectivity index (χ1n) is 7.17. The molecular weight excluding hydrogens is 431 g/mol. The van der Waals surface area contributed by atoms with Gasteiger partial charge in [-0.15, -0.1) is 0 Å². The van der Waals surface area contributed by atoms with E-state index in [0.29, 0.717) is 26.5 Å². The summed E-state index contributed by atoms with van der Waals surface area (Å²) in [6.45, 7) is -0.273. The molecule has 132 valence electrons. The van der Waals surface area contributed by atoms with Crippen LogP contribution < -0.4 is 10.1 Å². The zero-order valence-corrected chi connectivity index (χ0v) is 16.6. The van der Waals surface area contributed by atoms with E-state index in [9.17, 15) is 9.59 Å². The molecule has 0 saturated carbocycles. The topological polar surface area (TPSA) is 58.6 Å². The van der Waals surface area contributed by atoms with Crippen molar-refractivity contribution in [3.63, 3.8) is 0 Å². The average Bonchev–Trinajstić information content (AvgIpc) is 2.53. The van der Waals surface area contributed by atoms with Crippen LogP contribution in [0.15, 0.2) is 40.9 Å². The standard InChI is InChI=1S/C17H15BrCl2N2O3/c1-22(2)17(24)11-5-3-4-6-14(11)21-15(23)9-25-16-12(18)7-10(19)8-13(16)20/h3-8H,9H2,1-2H3,(H,21,23). The van der Waals surface area contributed by atoms with E-state index in [0.717, 1.165) is 0 Å². The van der Waals surface area contributed by atoms with Gasteiger partial charge >= 0.3 is 0 Å². The van der Waals surface area contributed by atoms with Gasteiger partial charge in [-0.05, 0) is 40.2 Å². The molecule has 2 rings (SSSR count). The number of hydrogen-bond acceptors (Lipinski definition) is 3. The van der Waals surface area contributed by atoms with Crippen molar-refractivity contribution in [2.24, 2.45) is 0 Å². The molecule has 2 amide bonds. The van der Waals surface area contributed by atoms with Crippen LogP contribution in [0.25, 0.3) is 0 Å². The van der Waals surface area contributed by atoms with Gasteiger partial charge in [0.05, 0.1) is 20.7 Å². The fourth-order valence-electron chi connectivity index (χ4n) is 2.01. The third-order valence-corrected chi connectivity index (χ3v) is 4.24. The van der Waals surface area contributed by atoms with Crippen molar-refractivity contribution in [1.82, 2.24) is 4.90 Å². The molecule has 0 radical (unpaired) electrons. The Morgan fingerprint density at radius 2 is 1.88 bits per heavy atom. The Labute approximate surface area is 164 Å². The number of amides is 2. The van der Waals surface area contributed by atoms with Crippen molar-refractivity contribution >= 4 is 56.6 Å². The highest BCUT2D eigenvalue weighted by Crippen LogP contribution is 2.36. The van der Waals surface area contributed by atoms with Crippen LogP contribution in [0.5, 0.6) is 5.75 Å². The van der Waals surface area contributed by atoms with Gasteiger partial charge in [-0.3, -0.25) is 9.59 Å². The molecule has 0 heterocycles. The molecule has 0 fully saturated rings. The number of carbonyl (C=O) groups is 2. The minimum atomic E-state index is -0.420. The lowest BCUT2D eigenvalue weighted by Gasteiger charge is -2.15. The van der Waals surface area contributed by atoms with Gasteiger partial charge in [-0.25, -0.2) is 0 Å². The minimum Gasteiger partial charge on any atom is -0.481 e. The maximum Gasteiger partial charge on any atom is 0.262 e. The Hall–Kier alpha value is -1.76. The second-order valence-corrected chi connectivity index (χ2v) is 6.98. The molecule has 0 bridgehead atoms. The smallest absolute Gasteiger partial charge is 0.262 e. The molecule has 0 aliphatic rings. The van der Waals surface area contributed by atoms with Gasteiger partial charge in [0.1, 0.15) is 0 Å². The molecule has 8 heteroatoms. The van der Waals surface area contributed by atoms with Crippen LogP contribution in [0, 0.1) is 0 Å². The van der Waals surface area contributed by atoms with Gasteiger partial charge in [0.2, 0.25) is 0 Å². The van der Waals surface area contributed by atoms with Gasteiger partial charge in [0.15, 0.2) is 12.4 Å². The number of nitrogens with one attached hydrogen (secondary N) is 1. The highest BCUT2D eigenvalue weighted by Gasteiger charge is 2.16. The van der Waals surface area contributed by atoms with Crippen molar-refractivity contribution in [2.75, 3.05) is 26.0 Å². The van der Waals surface area contributed by atoms with E-state index in [1.54, 1.807) is 44.4 Å². The normalized spacial score (nSPS) is 10.3. The Morgan fingerprint density at radius 3 is 2.52 bits per heavy atom. The average molecular weight is 446 g/mol. The second kappa shape index (κ2) is 8.56. The highest BCUT2D eigenvalue weighted by molar-refractivity contribution is 9.10. The van der Waals surface area contributed by atoms with E-state index in [-0.39, 0.29) is 17.5 Å². The quantitative estimate of drug-likeness (QED) is 0.738. The van der Waals surface area contributed by atoms with E-state index in [1.807, 2.05) is 0 Å². The molecule has 0 aliphatic carbocycles. The number of anilines is 1. The summed E-state index contributed by atoms with van der Waals surface area (Å²) in [4.78, 5) is 25.8. The zero-order chi connectivity index (χ0) is 18.6. The Morgan fingerprint density at radius 1 is 1.20 bits per heavy atom. The molecule has 2 aromatic carbocycles. The van der Waals surface area contributed by atoms with Gasteiger partial charge < -0.3 is 15.0 Å². The zero-order valence-electron chi connectivity index (χ0n) is 13.5. The fraction of sp³-hybridized carbons (Fsp3) is 0.176. The molecule has 0 aliphatic heterocycles. The summed E-state index contributed by atoms with van der Waals surface area (Å²) in [6, 6.07) is 9.90. The molecule has 1 N–H and O–H groups in total. The maximum absolute atomic E-state index is 12.2. The van der Waals surface area contributed by atoms with Crippen molar-refractivity contribution in [1.29, 1.82) is 0 Å². The van der Waals surface area contributed by atoms with Crippen LogP contribution in [-0.4, -0.2) is 37.4 Å². The SMILES string of the molecule is CN(C)C(=O)c1ccccc1NC(=O)COc1c(Cl)cc(Cl)cc1Br. The largest absolute Gasteiger partial charge is 0.481 e. The first-order chi connectivity index (χ1) is 11.8. The summed E-state index contributed by atoms with van der Waals surface area (Å²) < 4.78 is 6.00. The minimum absolute atomic E-state index is 0.208. The Balaban J connectivity index is 2.08. The molecule has 25 heavy (non-hydrogen) atoms. The van der Waals surface area contributed by atoms with Crippen LogP contribution >= 0.6 is 39.1 Å². The van der Waals surface area contributed by atoms with E-state index < -0.39 is 5.91 Å². The van der Waals surface area contributed by atoms with Crippen molar-refractivity contribution in [3.8, 4) is 5.75 Å². The van der Waals surface area contributed by atoms with Crippen LogP contribution in [-0.2, 0) is 4.79 Å². The molecule has 2 aromatic rings. The lowest BCUT2D eigenvalue weighted by Crippen LogP contribution is -2.25. The molecular formula is C17H15BrCl2N2O3. The van der Waals surface area contributed by atoms with Gasteiger partial charge in [-0.1, -0.05) is 35.3 Å². The molecule has 5 nitrogen and oxygen atoms in total. The molecule has 0 unspecified atom stereocenters. The summed E-state index contributed by atoms with van der Waals surface area (Å²) in [6.07, 6.45) is 0. The predicted octanol–water partition coefficient (Wildman–Crippen LogP) is 4.48. The summed E-state index contributed by atoms with van der Waals surface area (Å²) in [7, 11) is 3.29. The van der Waals surface area contributed by atoms with Crippen LogP contribution in [0.4, 0.5) is 5.69 Å². The number of ether oxygens (including phenoxy) is 1. The summed E-state index contributed by atoms with van der Waals surface area (Å²) in [5.74, 6) is -0.309. The summed E-state index contributed by atoms with van der Waals surface area (Å²) in [5, 5.41) is 3.41. The summed E-state index contributed by atoms with van der Waals surface area (Å²) >= 11 is 15.2. The summed E-state index contributed by atoms with van der Waals surface area (Å²) in [5.41, 5.74) is 0.808. The van der Waals surface area contributed by atoms with Crippen LogP contribution in [0.2, 0.25) is 10.0 Å². The number of halogens is 3. The van der Waals surface area contributed by atoms with Gasteiger partial charge in [0.25, 0.3) is 11.8 Å². The second-order valence-electron chi connectivity index (χ2n) is 5.28. The molecule has 0 spiro atoms. The first-order valence-corrected chi connectivity index (χ1v) is 8.72. The number of para-hydroxylation sites is 1. The number of carbonyl (C=O) groups excluding carboxylic acids is 2. The van der Waals surface area contributed by atoms with Crippen LogP contribution in [0.3, 0.4) is 0 Å². The third-order valence-electron chi connectivity index (χ3n) is 3.15. The van der Waals surface area contributed by atoms with Crippen LogP contribution in [0.1, 0.15) is 10.4 Å². The van der Waals surface area contributed by atoms with Crippen molar-refractivity contribution in [2.45, 2.75) is 0 Å². The lowest BCUT2D eigenvalue weighted by molar-refractivity contribution is -0.118. The Bertz CT molecular complexity index is 789. The molecule has 0 saturated heterocycles. The first kappa shape index (κ1) is 19.6. The van der Waals surface area contributed by atoms with Gasteiger partial charge in [0, 0.05) is 19.1 Å². The van der Waals surface area contributed by atoms with E-state index in [1.165, 1.54) is 11.0 Å². The highest BCUT2D eigenvalue weighted by atomic mass is 79.9. The maximum atomic E-state index is 12.2. The van der Waals surface area contributed by atoms with E-state index in [4.69, 9.17) is 27.9 Å². The molecule has 0 aromatic heterocycles. The number of nitrogens with zero attached hydrogens (tertiary/aromatic N) is 1. The molecule has 0 atom stereocenters. The number of hydrogen-bond donors (Lipinski definition) is 1. The van der Waals surface area contributed by atoms with Crippen molar-refractivity contribution < 1.29 is 14.3 Å². The monoisotopic (exact) mass is 444 g/mol. The number of rotatable bonds is 5.